The maximum absolute atomic E-state index is 13.1. The summed E-state index contributed by atoms with van der Waals surface area (Å²) in [4.78, 5) is 48.2. The highest BCUT2D eigenvalue weighted by Gasteiger charge is 2.57. The number of hydrogen-bond acceptors (Lipinski definition) is 4. The van der Waals surface area contributed by atoms with Gasteiger partial charge in [0.05, 0.1) is 0 Å². The van der Waals surface area contributed by atoms with E-state index in [2.05, 4.69) is 4.98 Å². The van der Waals surface area contributed by atoms with Crippen molar-refractivity contribution in [3.63, 3.8) is 0 Å². The number of carbonyl (C=O) groups is 1. The van der Waals surface area contributed by atoms with Gasteiger partial charge in [0.15, 0.2) is 5.65 Å². The second-order valence-corrected chi connectivity index (χ2v) is 9.96. The van der Waals surface area contributed by atoms with Crippen LogP contribution in [0.2, 0.25) is 0 Å². The van der Waals surface area contributed by atoms with Crippen LogP contribution < -0.4 is 11.2 Å². The fraction of sp³-hybridized carbons (Fsp3) is 0.727. The minimum absolute atomic E-state index is 0.0257. The molecule has 0 aliphatic heterocycles. The Morgan fingerprint density at radius 1 is 1.13 bits per heavy atom. The van der Waals surface area contributed by atoms with Crippen molar-refractivity contribution < 1.29 is 4.79 Å². The van der Waals surface area contributed by atoms with Crippen LogP contribution >= 0.6 is 0 Å². The number of imidazole rings is 1. The standard InChI is InChI=1S/C22H31N5O3/c1-4-6-27-19(29)17-18(26(21(27)30)7-5-16(28)25(2)3)24-20(23-17)22-10-13-8-14(11-22)15(9-13)12-22/h13-15H,4-12H2,1-3H3,(H,23,24). The molecule has 2 unspecified atom stereocenters. The van der Waals surface area contributed by atoms with E-state index in [1.54, 1.807) is 14.1 Å². The van der Waals surface area contributed by atoms with E-state index in [4.69, 9.17) is 4.98 Å². The van der Waals surface area contributed by atoms with Crippen LogP contribution in [0.15, 0.2) is 9.59 Å². The third-order valence-electron chi connectivity index (χ3n) is 7.78. The summed E-state index contributed by atoms with van der Waals surface area (Å²) in [6, 6.07) is 0. The maximum Gasteiger partial charge on any atom is 0.332 e. The zero-order chi connectivity index (χ0) is 21.2. The van der Waals surface area contributed by atoms with Crippen LogP contribution in [0.4, 0.5) is 0 Å². The second kappa shape index (κ2) is 6.82. The number of aryl methyl sites for hydroxylation is 1. The van der Waals surface area contributed by atoms with E-state index in [9.17, 15) is 14.4 Å². The summed E-state index contributed by atoms with van der Waals surface area (Å²) < 4.78 is 2.82. The molecular formula is C22H31N5O3. The highest BCUT2D eigenvalue weighted by Crippen LogP contribution is 2.64. The minimum atomic E-state index is -0.368. The second-order valence-electron chi connectivity index (χ2n) is 9.96. The van der Waals surface area contributed by atoms with Crippen molar-refractivity contribution in [3.05, 3.63) is 26.7 Å². The van der Waals surface area contributed by atoms with Gasteiger partial charge >= 0.3 is 5.69 Å². The Morgan fingerprint density at radius 3 is 2.43 bits per heavy atom. The molecule has 2 aromatic rings. The Bertz CT molecular complexity index is 1100. The molecule has 8 nitrogen and oxygen atoms in total. The van der Waals surface area contributed by atoms with Gasteiger partial charge in [0.2, 0.25) is 5.91 Å². The van der Waals surface area contributed by atoms with Crippen LogP contribution in [0.3, 0.4) is 0 Å². The first-order valence-electron chi connectivity index (χ1n) is 11.3. The lowest BCUT2D eigenvalue weighted by Gasteiger charge is -2.36. The summed E-state index contributed by atoms with van der Waals surface area (Å²) in [6.07, 6.45) is 6.98. The summed E-state index contributed by atoms with van der Waals surface area (Å²) >= 11 is 0. The molecule has 4 fully saturated rings. The molecular weight excluding hydrogens is 382 g/mol. The van der Waals surface area contributed by atoms with Crippen molar-refractivity contribution in [1.82, 2.24) is 24.0 Å². The number of aromatic amines is 1. The minimum Gasteiger partial charge on any atom is -0.349 e. The van der Waals surface area contributed by atoms with Crippen molar-refractivity contribution in [2.75, 3.05) is 14.1 Å². The number of amides is 1. The average Bonchev–Trinajstić information content (AvgIpc) is 3.34. The number of carbonyl (C=O) groups excluding carboxylic acids is 1. The highest BCUT2D eigenvalue weighted by molar-refractivity contribution is 5.76. The van der Waals surface area contributed by atoms with Gasteiger partial charge in [-0.15, -0.1) is 0 Å². The number of rotatable bonds is 6. The van der Waals surface area contributed by atoms with Crippen molar-refractivity contribution in [3.8, 4) is 0 Å². The predicted molar refractivity (Wildman–Crippen MR) is 113 cm³/mol. The summed E-state index contributed by atoms with van der Waals surface area (Å²) in [5, 5.41) is 0. The summed E-state index contributed by atoms with van der Waals surface area (Å²) in [6.45, 7) is 2.53. The number of nitrogens with zero attached hydrogens (tertiary/aromatic N) is 4. The van der Waals surface area contributed by atoms with E-state index in [0.29, 0.717) is 24.1 Å². The van der Waals surface area contributed by atoms with Gasteiger partial charge in [-0.05, 0) is 56.3 Å². The lowest BCUT2D eigenvalue weighted by Crippen LogP contribution is -2.40. The van der Waals surface area contributed by atoms with E-state index >= 15 is 0 Å². The zero-order valence-electron chi connectivity index (χ0n) is 18.1. The first-order chi connectivity index (χ1) is 14.3. The van der Waals surface area contributed by atoms with Crippen molar-refractivity contribution in [2.45, 2.75) is 70.4 Å². The Kier molecular flexibility index (Phi) is 4.45. The van der Waals surface area contributed by atoms with Crippen LogP contribution in [0.1, 0.15) is 57.7 Å². The van der Waals surface area contributed by atoms with E-state index in [0.717, 1.165) is 42.8 Å². The van der Waals surface area contributed by atoms with Gasteiger partial charge < -0.3 is 9.88 Å². The average molecular weight is 414 g/mol. The third kappa shape index (κ3) is 2.79. The van der Waals surface area contributed by atoms with Gasteiger partial charge in [-0.25, -0.2) is 9.78 Å². The fourth-order valence-electron chi connectivity index (χ4n) is 6.57. The van der Waals surface area contributed by atoms with Crippen LogP contribution in [0.25, 0.3) is 11.2 Å². The van der Waals surface area contributed by atoms with E-state index in [1.165, 1.54) is 26.9 Å². The molecule has 0 saturated heterocycles. The molecule has 0 radical (unpaired) electrons. The molecule has 8 heteroatoms. The molecule has 2 atom stereocenters. The summed E-state index contributed by atoms with van der Waals surface area (Å²) in [5.41, 5.74) is 0.186. The van der Waals surface area contributed by atoms with Gasteiger partial charge in [-0.2, -0.15) is 0 Å². The monoisotopic (exact) mass is 413 g/mol. The lowest BCUT2D eigenvalue weighted by molar-refractivity contribution is -0.128. The Hall–Kier alpha value is -2.38. The molecule has 2 heterocycles. The smallest absolute Gasteiger partial charge is 0.332 e. The Morgan fingerprint density at radius 2 is 1.83 bits per heavy atom. The van der Waals surface area contributed by atoms with Crippen molar-refractivity contribution in [1.29, 1.82) is 0 Å². The topological polar surface area (TPSA) is 93.0 Å². The zero-order valence-corrected chi connectivity index (χ0v) is 18.1. The third-order valence-corrected chi connectivity index (χ3v) is 7.78. The quantitative estimate of drug-likeness (QED) is 0.782. The molecule has 0 spiro atoms. The number of fused-ring (bicyclic) bond motifs is 1. The molecule has 4 aliphatic rings. The number of H-pyrrole nitrogens is 1. The lowest BCUT2D eigenvalue weighted by atomic mass is 9.69. The Labute approximate surface area is 175 Å². The normalized spacial score (nSPS) is 29.2. The van der Waals surface area contributed by atoms with E-state index in [-0.39, 0.29) is 35.5 Å². The molecule has 30 heavy (non-hydrogen) atoms. The Balaban J connectivity index is 1.62. The highest BCUT2D eigenvalue weighted by atomic mass is 16.2. The van der Waals surface area contributed by atoms with Gasteiger partial charge in [-0.1, -0.05) is 6.92 Å². The maximum atomic E-state index is 13.1. The van der Waals surface area contributed by atoms with E-state index in [1.807, 2.05) is 6.92 Å². The molecule has 4 saturated carbocycles. The van der Waals surface area contributed by atoms with Crippen LogP contribution in [0, 0.1) is 17.8 Å². The van der Waals surface area contributed by atoms with Crippen molar-refractivity contribution in [2.24, 2.45) is 17.8 Å². The predicted octanol–water partition coefficient (Wildman–Crippen LogP) is 1.85. The SMILES string of the molecule is CCCn1c(=O)c2[nH]c(C34CC5CC(C3)C(C5)C4)nc2n(CCC(=O)N(C)C)c1=O. The molecule has 2 aromatic heterocycles. The molecule has 1 N–H and O–H groups in total. The van der Waals surface area contributed by atoms with Crippen LogP contribution in [-0.2, 0) is 23.3 Å². The summed E-state index contributed by atoms with van der Waals surface area (Å²) in [7, 11) is 3.41. The molecule has 4 bridgehead atoms. The molecule has 0 aromatic carbocycles. The van der Waals surface area contributed by atoms with Gasteiger partial charge in [0.1, 0.15) is 11.3 Å². The number of nitrogens with one attached hydrogen (secondary N) is 1. The first kappa shape index (κ1) is 19.6. The van der Waals surface area contributed by atoms with E-state index < -0.39 is 0 Å². The number of hydrogen-bond donors (Lipinski definition) is 1. The van der Waals surface area contributed by atoms with Gasteiger partial charge in [-0.3, -0.25) is 18.7 Å². The summed E-state index contributed by atoms with van der Waals surface area (Å²) in [5.74, 6) is 3.17. The van der Waals surface area contributed by atoms with Gasteiger partial charge in [0.25, 0.3) is 5.56 Å². The van der Waals surface area contributed by atoms with Gasteiger partial charge in [0, 0.05) is 39.0 Å². The fourth-order valence-corrected chi connectivity index (χ4v) is 6.57. The largest absolute Gasteiger partial charge is 0.349 e. The molecule has 6 rings (SSSR count). The van der Waals surface area contributed by atoms with Crippen molar-refractivity contribution >= 4 is 17.1 Å². The molecule has 1 amide bonds. The molecule has 4 aliphatic carbocycles. The first-order valence-corrected chi connectivity index (χ1v) is 11.3. The number of aromatic nitrogens is 4. The van der Waals surface area contributed by atoms with Crippen LogP contribution in [0.5, 0.6) is 0 Å². The van der Waals surface area contributed by atoms with Crippen LogP contribution in [-0.4, -0.2) is 44.0 Å². The molecule has 162 valence electrons.